The Morgan fingerprint density at radius 2 is 1.92 bits per heavy atom. The van der Waals surface area contributed by atoms with E-state index in [0.717, 1.165) is 5.56 Å². The highest BCUT2D eigenvalue weighted by atomic mass is 32.2. The molecule has 0 fully saturated rings. The second-order valence-corrected chi connectivity index (χ2v) is 7.26. The zero-order chi connectivity index (χ0) is 17.3. The predicted molar refractivity (Wildman–Crippen MR) is 95.1 cm³/mol. The topological polar surface area (TPSA) is 84.2 Å². The van der Waals surface area contributed by atoms with Crippen molar-refractivity contribution in [1.29, 1.82) is 0 Å². The third-order valence-electron chi connectivity index (χ3n) is 3.75. The van der Waals surface area contributed by atoms with Crippen molar-refractivity contribution in [2.24, 2.45) is 9.39 Å². The van der Waals surface area contributed by atoms with Crippen molar-refractivity contribution in [2.75, 3.05) is 12.3 Å². The Kier molecular flexibility index (Phi) is 3.81. The molecule has 25 heavy (non-hydrogen) atoms. The predicted octanol–water partition coefficient (Wildman–Crippen LogP) is 2.30. The summed E-state index contributed by atoms with van der Waals surface area (Å²) in [6.07, 6.45) is 4.79. The monoisotopic (exact) mass is 354 g/mol. The normalized spacial score (nSPS) is 18.2. The van der Waals surface area contributed by atoms with Gasteiger partial charge in [0.2, 0.25) is 5.88 Å². The summed E-state index contributed by atoms with van der Waals surface area (Å²) in [5.41, 5.74) is 1.34. The number of fused-ring (bicyclic) bond motifs is 1. The standard InChI is InChI=1S/C17H14N4O3S/c22-25(23)9-8-21-12-18-11-15(17(21)20-25)13-6-7-16(19-10-13)24-14-4-2-1-3-5-14/h1-7,10-12H,8-9H2. The molecule has 0 N–H and O–H groups in total. The Morgan fingerprint density at radius 1 is 1.08 bits per heavy atom. The first-order valence-electron chi connectivity index (χ1n) is 7.63. The Labute approximate surface area is 145 Å². The number of aromatic nitrogens is 1. The van der Waals surface area contributed by atoms with Crippen LogP contribution >= 0.6 is 0 Å². The molecule has 0 amide bonds. The summed E-state index contributed by atoms with van der Waals surface area (Å²) in [6, 6.07) is 12.9. The number of sulfonamides is 1. The quantitative estimate of drug-likeness (QED) is 0.844. The van der Waals surface area contributed by atoms with E-state index in [0.29, 0.717) is 29.6 Å². The highest BCUT2D eigenvalue weighted by molar-refractivity contribution is 7.90. The first kappa shape index (κ1) is 15.5. The Hall–Kier alpha value is -3.00. The van der Waals surface area contributed by atoms with Crippen LogP contribution in [0.15, 0.2) is 64.3 Å². The van der Waals surface area contributed by atoms with Crippen LogP contribution < -0.4 is 4.74 Å². The number of amidine groups is 1. The molecule has 0 atom stereocenters. The van der Waals surface area contributed by atoms with Gasteiger partial charge in [0.05, 0.1) is 12.1 Å². The molecule has 0 bridgehead atoms. The minimum atomic E-state index is -3.44. The number of pyridine rings is 1. The molecule has 0 radical (unpaired) electrons. The lowest BCUT2D eigenvalue weighted by Crippen LogP contribution is -2.40. The molecule has 0 spiro atoms. The number of aliphatic imine (C=N–C) groups is 1. The fourth-order valence-corrected chi connectivity index (χ4v) is 3.51. The van der Waals surface area contributed by atoms with Crippen LogP contribution in [0, 0.1) is 0 Å². The average Bonchev–Trinajstić information content (AvgIpc) is 2.62. The molecule has 0 saturated carbocycles. The van der Waals surface area contributed by atoms with Crippen molar-refractivity contribution in [3.05, 3.63) is 60.4 Å². The zero-order valence-corrected chi connectivity index (χ0v) is 13.9. The van der Waals surface area contributed by atoms with Crippen LogP contribution in [0.4, 0.5) is 0 Å². The summed E-state index contributed by atoms with van der Waals surface area (Å²) in [6.45, 7) is 0.338. The van der Waals surface area contributed by atoms with E-state index in [-0.39, 0.29) is 5.75 Å². The number of nitrogens with zero attached hydrogens (tertiary/aromatic N) is 4. The summed E-state index contributed by atoms with van der Waals surface area (Å²) in [5.74, 6) is 1.50. The molecule has 7 nitrogen and oxygen atoms in total. The molecule has 3 heterocycles. The van der Waals surface area contributed by atoms with Crippen molar-refractivity contribution in [1.82, 2.24) is 9.88 Å². The van der Waals surface area contributed by atoms with Crippen LogP contribution in [0.2, 0.25) is 0 Å². The Morgan fingerprint density at radius 3 is 2.68 bits per heavy atom. The van der Waals surface area contributed by atoms with Gasteiger partial charge in [0.15, 0.2) is 5.84 Å². The fourth-order valence-electron chi connectivity index (χ4n) is 2.52. The van der Waals surface area contributed by atoms with Crippen LogP contribution in [0.1, 0.15) is 5.56 Å². The maximum absolute atomic E-state index is 11.8. The summed E-state index contributed by atoms with van der Waals surface area (Å²) in [5, 5.41) is 0. The Balaban J connectivity index is 1.62. The lowest BCUT2D eigenvalue weighted by Gasteiger charge is -2.28. The second-order valence-electron chi connectivity index (χ2n) is 5.50. The van der Waals surface area contributed by atoms with Crippen molar-refractivity contribution in [2.45, 2.75) is 0 Å². The van der Waals surface area contributed by atoms with Crippen LogP contribution in [-0.2, 0) is 10.0 Å². The van der Waals surface area contributed by atoms with Gasteiger partial charge in [-0.1, -0.05) is 18.2 Å². The van der Waals surface area contributed by atoms with E-state index in [9.17, 15) is 8.42 Å². The number of benzene rings is 1. The van der Waals surface area contributed by atoms with Gasteiger partial charge in [-0.3, -0.25) is 0 Å². The molecule has 0 aliphatic carbocycles. The van der Waals surface area contributed by atoms with Gasteiger partial charge in [-0.25, -0.2) is 18.4 Å². The third-order valence-corrected chi connectivity index (χ3v) is 4.90. The van der Waals surface area contributed by atoms with E-state index in [1.54, 1.807) is 35.8 Å². The average molecular weight is 354 g/mol. The van der Waals surface area contributed by atoms with Crippen LogP contribution in [0.5, 0.6) is 11.6 Å². The minimum Gasteiger partial charge on any atom is -0.439 e. The molecule has 2 aliphatic heterocycles. The molecular weight excluding hydrogens is 340 g/mol. The van der Waals surface area contributed by atoms with E-state index >= 15 is 0 Å². The van der Waals surface area contributed by atoms with Crippen molar-refractivity contribution >= 4 is 27.8 Å². The maximum Gasteiger partial charge on any atom is 0.256 e. The molecule has 2 aromatic rings. The smallest absolute Gasteiger partial charge is 0.256 e. The van der Waals surface area contributed by atoms with E-state index in [1.165, 1.54) is 0 Å². The van der Waals surface area contributed by atoms with Gasteiger partial charge in [-0.05, 0) is 18.2 Å². The van der Waals surface area contributed by atoms with Crippen molar-refractivity contribution in [3.8, 4) is 11.6 Å². The SMILES string of the molecule is O=S1(=O)CCN2C=NC=C(c3ccc(Oc4ccccc4)nc3)C2=N1. The summed E-state index contributed by atoms with van der Waals surface area (Å²) >= 11 is 0. The van der Waals surface area contributed by atoms with Gasteiger partial charge in [-0.15, -0.1) is 4.40 Å². The highest BCUT2D eigenvalue weighted by Crippen LogP contribution is 2.26. The molecule has 1 aromatic heterocycles. The first-order chi connectivity index (χ1) is 12.1. The molecular formula is C17H14N4O3S. The largest absolute Gasteiger partial charge is 0.439 e. The van der Waals surface area contributed by atoms with Gasteiger partial charge in [0.1, 0.15) is 5.75 Å². The van der Waals surface area contributed by atoms with Crippen molar-refractivity contribution < 1.29 is 13.2 Å². The van der Waals surface area contributed by atoms with Crippen molar-refractivity contribution in [3.63, 3.8) is 0 Å². The Bertz CT molecular complexity index is 980. The molecule has 126 valence electrons. The number of ether oxygens (including phenoxy) is 1. The highest BCUT2D eigenvalue weighted by Gasteiger charge is 2.28. The number of rotatable bonds is 3. The van der Waals surface area contributed by atoms with E-state index in [4.69, 9.17) is 4.74 Å². The number of hydrogen-bond donors (Lipinski definition) is 0. The molecule has 0 saturated heterocycles. The fraction of sp³-hybridized carbons (Fsp3) is 0.118. The molecule has 4 rings (SSSR count). The lowest BCUT2D eigenvalue weighted by molar-refractivity contribution is 0.463. The zero-order valence-electron chi connectivity index (χ0n) is 13.1. The van der Waals surface area contributed by atoms with Gasteiger partial charge in [0, 0.05) is 36.1 Å². The van der Waals surface area contributed by atoms with E-state index in [1.807, 2.05) is 30.3 Å². The van der Waals surface area contributed by atoms with Crippen LogP contribution in [0.3, 0.4) is 0 Å². The summed E-state index contributed by atoms with van der Waals surface area (Å²) in [7, 11) is -3.44. The lowest BCUT2D eigenvalue weighted by atomic mass is 10.1. The van der Waals surface area contributed by atoms with Gasteiger partial charge < -0.3 is 9.64 Å². The number of para-hydroxylation sites is 1. The third kappa shape index (κ3) is 3.29. The maximum atomic E-state index is 11.8. The molecule has 1 aromatic carbocycles. The second kappa shape index (κ2) is 6.14. The van der Waals surface area contributed by atoms with Crippen LogP contribution in [-0.4, -0.2) is 42.8 Å². The minimum absolute atomic E-state index is 0.0160. The summed E-state index contributed by atoms with van der Waals surface area (Å²) in [4.78, 5) is 10.2. The molecule has 8 heteroatoms. The van der Waals surface area contributed by atoms with Gasteiger partial charge in [0.25, 0.3) is 10.0 Å². The van der Waals surface area contributed by atoms with E-state index < -0.39 is 10.0 Å². The first-order valence-corrected chi connectivity index (χ1v) is 9.24. The van der Waals surface area contributed by atoms with Gasteiger partial charge in [-0.2, -0.15) is 0 Å². The number of hydrogen-bond acceptors (Lipinski definition) is 6. The molecule has 2 aliphatic rings. The van der Waals surface area contributed by atoms with Crippen LogP contribution in [0.25, 0.3) is 5.57 Å². The molecule has 0 unspecified atom stereocenters. The van der Waals surface area contributed by atoms with Gasteiger partial charge >= 0.3 is 0 Å². The summed E-state index contributed by atoms with van der Waals surface area (Å²) < 4.78 is 33.2. The van der Waals surface area contributed by atoms with E-state index in [2.05, 4.69) is 14.4 Å².